The molecule has 2 aromatic carbocycles. The third-order valence-electron chi connectivity index (χ3n) is 4.03. The van der Waals surface area contributed by atoms with Gasteiger partial charge in [-0.1, -0.05) is 11.6 Å². The van der Waals surface area contributed by atoms with Gasteiger partial charge in [0.25, 0.3) is 15.9 Å². The lowest BCUT2D eigenvalue weighted by molar-refractivity contribution is -0.274. The van der Waals surface area contributed by atoms with Gasteiger partial charge in [0.1, 0.15) is 5.69 Å². The average molecular weight is 504 g/mol. The zero-order valence-electron chi connectivity index (χ0n) is 16.4. The Kier molecular flexibility index (Phi) is 6.53. The van der Waals surface area contributed by atoms with E-state index in [9.17, 15) is 26.4 Å². The molecule has 1 aliphatic rings. The molecule has 2 aromatic rings. The van der Waals surface area contributed by atoms with Gasteiger partial charge in [0.05, 0.1) is 27.1 Å². The van der Waals surface area contributed by atoms with Crippen molar-refractivity contribution in [1.29, 1.82) is 5.26 Å². The van der Waals surface area contributed by atoms with Gasteiger partial charge in [-0.15, -0.1) is 23.8 Å². The Morgan fingerprint density at radius 2 is 1.91 bits per heavy atom. The zero-order chi connectivity index (χ0) is 24.4. The van der Waals surface area contributed by atoms with Gasteiger partial charge >= 0.3 is 6.36 Å². The lowest BCUT2D eigenvalue weighted by Gasteiger charge is -2.18. The summed E-state index contributed by atoms with van der Waals surface area (Å²) in [4.78, 5) is 12.2. The fourth-order valence-corrected chi connectivity index (χ4v) is 3.93. The second-order valence-corrected chi connectivity index (χ2v) is 8.32. The maximum absolute atomic E-state index is 12.9. The monoisotopic (exact) mass is 503 g/mol. The molecule has 0 aromatic heterocycles. The molecular weight excluding hydrogens is 491 g/mol. The van der Waals surface area contributed by atoms with Gasteiger partial charge in [0.2, 0.25) is 5.96 Å². The molecule has 33 heavy (non-hydrogen) atoms. The van der Waals surface area contributed by atoms with Gasteiger partial charge < -0.3 is 4.74 Å². The number of carbonyl (C=O) groups excluding carboxylic acids is 1. The Labute approximate surface area is 189 Å². The predicted molar refractivity (Wildman–Crippen MR) is 109 cm³/mol. The quantitative estimate of drug-likeness (QED) is 0.483. The minimum absolute atomic E-state index is 0.00592. The molecule has 0 saturated heterocycles. The van der Waals surface area contributed by atoms with Crippen LogP contribution >= 0.6 is 11.6 Å². The summed E-state index contributed by atoms with van der Waals surface area (Å²) in [6.45, 7) is 0. The second kappa shape index (κ2) is 9.02. The molecule has 0 bridgehead atoms. The molecule has 3 rings (SSSR count). The summed E-state index contributed by atoms with van der Waals surface area (Å²) in [5.74, 6) is -1.88. The van der Waals surface area contributed by atoms with Crippen molar-refractivity contribution >= 4 is 39.2 Å². The van der Waals surface area contributed by atoms with E-state index in [1.54, 1.807) is 6.07 Å². The Balaban J connectivity index is 2.01. The molecule has 0 spiro atoms. The predicted octanol–water partition coefficient (Wildman–Crippen LogP) is 1.87. The maximum Gasteiger partial charge on any atom is 0.573 e. The van der Waals surface area contributed by atoms with Gasteiger partial charge in [-0.05, 0) is 36.4 Å². The number of anilines is 1. The summed E-state index contributed by atoms with van der Waals surface area (Å²) < 4.78 is 69.9. The van der Waals surface area contributed by atoms with Crippen molar-refractivity contribution in [2.24, 2.45) is 5.10 Å². The fraction of sp³-hybridized carbons (Fsp3) is 0.118. The highest BCUT2D eigenvalue weighted by molar-refractivity contribution is 7.92. The molecule has 1 aliphatic heterocycles. The Morgan fingerprint density at radius 3 is 2.45 bits per heavy atom. The van der Waals surface area contributed by atoms with E-state index in [0.717, 1.165) is 24.3 Å². The van der Waals surface area contributed by atoms with E-state index >= 15 is 0 Å². The highest BCUT2D eigenvalue weighted by Gasteiger charge is 2.34. The molecule has 0 radical (unpaired) electrons. The van der Waals surface area contributed by atoms with E-state index < -0.39 is 38.8 Å². The average Bonchev–Trinajstić information content (AvgIpc) is 3.14. The van der Waals surface area contributed by atoms with Gasteiger partial charge in [0.15, 0.2) is 5.75 Å². The number of halogens is 4. The van der Waals surface area contributed by atoms with E-state index in [2.05, 4.69) is 26.2 Å². The first-order valence-electron chi connectivity index (χ1n) is 8.66. The number of hydrogen-bond acceptors (Lipinski definition) is 9. The molecule has 16 heteroatoms. The van der Waals surface area contributed by atoms with E-state index in [-0.39, 0.29) is 22.0 Å². The van der Waals surface area contributed by atoms with Crippen LogP contribution in [0.25, 0.3) is 0 Å². The first-order chi connectivity index (χ1) is 15.4. The highest BCUT2D eigenvalue weighted by atomic mass is 35.5. The largest absolute Gasteiger partial charge is 0.573 e. The van der Waals surface area contributed by atoms with Crippen LogP contribution in [0.2, 0.25) is 5.02 Å². The molecule has 1 heterocycles. The summed E-state index contributed by atoms with van der Waals surface area (Å²) >= 11 is 6.14. The highest BCUT2D eigenvalue weighted by Crippen LogP contribution is 2.39. The number of nitriles is 1. The van der Waals surface area contributed by atoms with Gasteiger partial charge in [-0.2, -0.15) is 5.26 Å². The van der Waals surface area contributed by atoms with Gasteiger partial charge in [-0.25, -0.2) is 14.0 Å². The molecule has 0 fully saturated rings. The first kappa shape index (κ1) is 23.9. The van der Waals surface area contributed by atoms with Crippen LogP contribution in [-0.4, -0.2) is 38.7 Å². The lowest BCUT2D eigenvalue weighted by atomic mass is 10.1. The molecule has 11 nitrogen and oxygen atoms in total. The summed E-state index contributed by atoms with van der Waals surface area (Å²) in [5.41, 5.74) is 3.85. The Morgan fingerprint density at radius 1 is 1.24 bits per heavy atom. The van der Waals surface area contributed by atoms with Crippen LogP contribution < -0.4 is 25.8 Å². The fourth-order valence-electron chi connectivity index (χ4n) is 2.50. The number of carbonyl (C=O) groups is 1. The van der Waals surface area contributed by atoms with Crippen molar-refractivity contribution in [2.45, 2.75) is 11.3 Å². The number of hydrogen-bond donors (Lipinski definition) is 4. The smallest absolute Gasteiger partial charge is 0.403 e. The van der Waals surface area contributed by atoms with Crippen LogP contribution in [0.1, 0.15) is 15.9 Å². The van der Waals surface area contributed by atoms with Crippen LogP contribution in [0.5, 0.6) is 5.75 Å². The molecule has 4 N–H and O–H groups in total. The number of benzene rings is 2. The second-order valence-electron chi connectivity index (χ2n) is 6.26. The number of rotatable bonds is 5. The van der Waals surface area contributed by atoms with Crippen molar-refractivity contribution in [3.05, 3.63) is 52.5 Å². The van der Waals surface area contributed by atoms with Gasteiger partial charge in [0, 0.05) is 7.05 Å². The van der Waals surface area contributed by atoms with Crippen molar-refractivity contribution < 1.29 is 31.1 Å². The van der Waals surface area contributed by atoms with E-state index in [1.165, 1.54) is 24.2 Å². The standard InChI is InChI=1S/C17H13ClF3N7O4S/c1-28-16(24-26-27-28)23-15(29)11-6-7-12(32-17(19,20)21)14(13(11)18)25-33(30,31)10-4-2-9(8-22)3-5-10/h2-7,25-27H,1H3,(H,23,24,29). The van der Waals surface area contributed by atoms with Crippen molar-refractivity contribution in [1.82, 2.24) is 21.4 Å². The summed E-state index contributed by atoms with van der Waals surface area (Å²) in [7, 11) is -2.99. The number of hydrazone groups is 1. The SMILES string of the molecule is CN1NNN=C1NC(=O)c1ccc(OC(F)(F)F)c(NS(=O)(=O)c2ccc(C#N)cc2)c1Cl. The van der Waals surface area contributed by atoms with Crippen LogP contribution in [0.3, 0.4) is 0 Å². The van der Waals surface area contributed by atoms with E-state index in [4.69, 9.17) is 16.9 Å². The molecule has 0 unspecified atom stereocenters. The van der Waals surface area contributed by atoms with Crippen LogP contribution in [0.4, 0.5) is 18.9 Å². The van der Waals surface area contributed by atoms with Crippen molar-refractivity contribution in [3.8, 4) is 11.8 Å². The number of amides is 1. The normalized spacial score (nSPS) is 13.6. The third-order valence-corrected chi connectivity index (χ3v) is 5.78. The number of alkyl halides is 3. The molecule has 1 amide bonds. The van der Waals surface area contributed by atoms with Crippen molar-refractivity contribution in [2.75, 3.05) is 11.8 Å². The lowest BCUT2D eigenvalue weighted by Crippen LogP contribution is -2.45. The topological polar surface area (TPSA) is 148 Å². The van der Waals surface area contributed by atoms with Crippen LogP contribution in [0, 0.1) is 11.3 Å². The molecule has 0 aliphatic carbocycles. The van der Waals surface area contributed by atoms with Crippen LogP contribution in [0.15, 0.2) is 46.4 Å². The number of guanidine groups is 1. The van der Waals surface area contributed by atoms with E-state index in [1.807, 2.05) is 4.72 Å². The van der Waals surface area contributed by atoms with E-state index in [0.29, 0.717) is 0 Å². The Bertz CT molecular complexity index is 1260. The number of hydrazine groups is 2. The summed E-state index contributed by atoms with van der Waals surface area (Å²) in [6, 6.07) is 8.02. The maximum atomic E-state index is 12.9. The first-order valence-corrected chi connectivity index (χ1v) is 10.5. The number of nitrogens with zero attached hydrogens (tertiary/aromatic N) is 3. The molecular formula is C17H13ClF3N7O4S. The summed E-state index contributed by atoms with van der Waals surface area (Å²) in [5, 5.41) is 15.5. The number of ether oxygens (including phenoxy) is 1. The Hall–Kier alpha value is -3.74. The summed E-state index contributed by atoms with van der Waals surface area (Å²) in [6.07, 6.45) is -5.18. The minimum Gasteiger partial charge on any atom is -0.403 e. The van der Waals surface area contributed by atoms with Gasteiger partial charge in [-0.3, -0.25) is 19.8 Å². The molecule has 0 saturated carbocycles. The molecule has 0 atom stereocenters. The van der Waals surface area contributed by atoms with Crippen molar-refractivity contribution in [3.63, 3.8) is 0 Å². The number of nitrogens with one attached hydrogen (secondary N) is 4. The number of sulfonamides is 1. The minimum atomic E-state index is -5.18. The molecule has 174 valence electrons. The third kappa shape index (κ3) is 5.55. The van der Waals surface area contributed by atoms with Crippen LogP contribution in [-0.2, 0) is 10.0 Å². The zero-order valence-corrected chi connectivity index (χ0v) is 17.9.